The van der Waals surface area contributed by atoms with Crippen molar-refractivity contribution in [2.75, 3.05) is 26.3 Å². The van der Waals surface area contributed by atoms with E-state index in [4.69, 9.17) is 24.3 Å². The highest BCUT2D eigenvalue weighted by Crippen LogP contribution is 2.45. The zero-order valence-electron chi connectivity index (χ0n) is 14.2. The number of amides is 1. The minimum absolute atomic E-state index is 0.0338. The van der Waals surface area contributed by atoms with E-state index in [-0.39, 0.29) is 11.8 Å². The third-order valence-electron chi connectivity index (χ3n) is 5.73. The van der Waals surface area contributed by atoms with Crippen molar-refractivity contribution in [2.24, 2.45) is 5.92 Å². The second-order valence-electron chi connectivity index (χ2n) is 7.43. The summed E-state index contributed by atoms with van der Waals surface area (Å²) in [6.45, 7) is 2.67. The molecule has 2 aliphatic carbocycles. The van der Waals surface area contributed by atoms with Crippen molar-refractivity contribution in [3.63, 3.8) is 0 Å². The van der Waals surface area contributed by atoms with Crippen LogP contribution in [0.1, 0.15) is 57.8 Å². The lowest BCUT2D eigenvalue weighted by atomic mass is 9.84. The molecular weight excluding hydrogens is 314 g/mol. The Hall–Kier alpha value is -0.730. The predicted octanol–water partition coefficient (Wildman–Crippen LogP) is 2.30. The van der Waals surface area contributed by atoms with E-state index in [2.05, 4.69) is 0 Å². The van der Waals surface area contributed by atoms with Gasteiger partial charge in [0, 0.05) is 44.7 Å². The monoisotopic (exact) mass is 341 g/mol. The summed E-state index contributed by atoms with van der Waals surface area (Å²) in [7, 11) is 0. The fourth-order valence-electron chi connectivity index (χ4n) is 4.10. The molecule has 0 aromatic carbocycles. The van der Waals surface area contributed by atoms with Crippen LogP contribution in [0.5, 0.6) is 0 Å². The highest BCUT2D eigenvalue weighted by atomic mass is 17.4. The molecule has 0 atom stereocenters. The molecule has 0 N–H and O–H groups in total. The van der Waals surface area contributed by atoms with Crippen molar-refractivity contribution in [1.29, 1.82) is 0 Å². The van der Waals surface area contributed by atoms with Crippen LogP contribution in [0, 0.1) is 5.92 Å². The van der Waals surface area contributed by atoms with Gasteiger partial charge >= 0.3 is 0 Å². The summed E-state index contributed by atoms with van der Waals surface area (Å²) in [5.41, 5.74) is 0. The minimum atomic E-state index is -0.843. The van der Waals surface area contributed by atoms with Gasteiger partial charge in [0.15, 0.2) is 0 Å². The lowest BCUT2D eigenvalue weighted by molar-refractivity contribution is -0.662. The Morgan fingerprint density at radius 3 is 1.92 bits per heavy atom. The van der Waals surface area contributed by atoms with Gasteiger partial charge in [-0.15, -0.1) is 0 Å². The van der Waals surface area contributed by atoms with Crippen LogP contribution in [-0.4, -0.2) is 48.7 Å². The van der Waals surface area contributed by atoms with Crippen LogP contribution >= 0.6 is 0 Å². The summed E-state index contributed by atoms with van der Waals surface area (Å²) in [5.74, 6) is -1.30. The summed E-state index contributed by atoms with van der Waals surface area (Å²) in [5, 5.41) is 0. The number of hydrogen-bond donors (Lipinski definition) is 0. The first-order valence-electron chi connectivity index (χ1n) is 9.31. The Balaban J connectivity index is 1.29. The lowest BCUT2D eigenvalue weighted by Gasteiger charge is -2.46. The Labute approximate surface area is 142 Å². The molecule has 0 aromatic heterocycles. The zero-order valence-corrected chi connectivity index (χ0v) is 14.2. The van der Waals surface area contributed by atoms with E-state index in [1.807, 2.05) is 4.90 Å². The molecule has 4 aliphatic rings. The number of hydrogen-bond acceptors (Lipinski definition) is 6. The van der Waals surface area contributed by atoms with Crippen LogP contribution < -0.4 is 0 Å². The van der Waals surface area contributed by atoms with Gasteiger partial charge in [-0.1, -0.05) is 6.42 Å². The molecule has 2 saturated heterocycles. The molecular formula is C17H27NO6. The number of ether oxygens (including phenoxy) is 1. The number of nitrogens with zero attached hydrogens (tertiary/aromatic N) is 1. The predicted molar refractivity (Wildman–Crippen MR) is 82.2 cm³/mol. The van der Waals surface area contributed by atoms with Crippen LogP contribution in [0.25, 0.3) is 0 Å². The molecule has 0 bridgehead atoms. The smallest absolute Gasteiger partial charge is 0.234 e. The van der Waals surface area contributed by atoms with Gasteiger partial charge in [-0.2, -0.15) is 19.6 Å². The number of carbonyl (C=O) groups excluding carboxylic acids is 1. The van der Waals surface area contributed by atoms with E-state index in [0.29, 0.717) is 39.1 Å². The van der Waals surface area contributed by atoms with E-state index in [9.17, 15) is 4.79 Å². The van der Waals surface area contributed by atoms with Crippen LogP contribution in [0.4, 0.5) is 0 Å². The lowest BCUT2D eigenvalue weighted by Crippen LogP contribution is -2.53. The molecule has 0 aromatic rings. The maximum absolute atomic E-state index is 12.6. The third-order valence-corrected chi connectivity index (χ3v) is 5.73. The first-order valence-corrected chi connectivity index (χ1v) is 9.31. The number of carbonyl (C=O) groups is 1. The molecule has 4 fully saturated rings. The maximum Gasteiger partial charge on any atom is 0.234 e. The fourth-order valence-corrected chi connectivity index (χ4v) is 4.10. The largest absolute Gasteiger partial charge is 0.378 e. The molecule has 24 heavy (non-hydrogen) atoms. The Morgan fingerprint density at radius 2 is 1.33 bits per heavy atom. The van der Waals surface area contributed by atoms with Crippen molar-refractivity contribution >= 4 is 5.91 Å². The first kappa shape index (κ1) is 16.7. The molecule has 2 saturated carbocycles. The minimum Gasteiger partial charge on any atom is -0.378 e. The standard InChI is InChI=1S/C17H27NO6/c19-15(18-10-12-20-13-11-18)14-4-8-17(9-5-14)23-21-16(22-24-17)6-2-1-3-7-16/h14H,1-13H2. The van der Waals surface area contributed by atoms with E-state index < -0.39 is 11.6 Å². The molecule has 1 amide bonds. The van der Waals surface area contributed by atoms with Gasteiger partial charge < -0.3 is 9.64 Å². The Bertz CT molecular complexity index is 438. The average molecular weight is 341 g/mol. The summed E-state index contributed by atoms with van der Waals surface area (Å²) < 4.78 is 5.31. The topological polar surface area (TPSA) is 66.5 Å². The first-order chi connectivity index (χ1) is 11.7. The molecule has 2 aliphatic heterocycles. The highest BCUT2D eigenvalue weighted by molar-refractivity contribution is 5.79. The van der Waals surface area contributed by atoms with Gasteiger partial charge in [0.1, 0.15) is 0 Å². The average Bonchev–Trinajstić information content (AvgIpc) is 2.66. The van der Waals surface area contributed by atoms with Crippen LogP contribution in [0.3, 0.4) is 0 Å². The number of morpholine rings is 1. The molecule has 0 unspecified atom stereocenters. The van der Waals surface area contributed by atoms with Gasteiger partial charge in [0.2, 0.25) is 17.5 Å². The van der Waals surface area contributed by atoms with Crippen molar-refractivity contribution < 1.29 is 29.1 Å². The summed E-state index contributed by atoms with van der Waals surface area (Å²) in [6, 6.07) is 0. The van der Waals surface area contributed by atoms with E-state index in [1.165, 1.54) is 6.42 Å². The summed E-state index contributed by atoms with van der Waals surface area (Å²) >= 11 is 0. The van der Waals surface area contributed by atoms with Gasteiger partial charge in [-0.05, 0) is 25.7 Å². The second kappa shape index (κ2) is 6.88. The molecule has 136 valence electrons. The fraction of sp³-hybridized carbons (Fsp3) is 0.941. The third kappa shape index (κ3) is 3.32. The van der Waals surface area contributed by atoms with Crippen LogP contribution in [0.2, 0.25) is 0 Å². The molecule has 4 rings (SSSR count). The Kier molecular flexibility index (Phi) is 4.79. The van der Waals surface area contributed by atoms with Crippen molar-refractivity contribution in [3.8, 4) is 0 Å². The normalized spacial score (nSPS) is 30.6. The molecule has 2 spiro atoms. The van der Waals surface area contributed by atoms with Crippen molar-refractivity contribution in [2.45, 2.75) is 69.4 Å². The summed E-state index contributed by atoms with van der Waals surface area (Å²) in [4.78, 5) is 37.2. The quantitative estimate of drug-likeness (QED) is 0.682. The molecule has 7 nitrogen and oxygen atoms in total. The van der Waals surface area contributed by atoms with Crippen LogP contribution in [0.15, 0.2) is 0 Å². The molecule has 2 heterocycles. The maximum atomic E-state index is 12.6. The van der Waals surface area contributed by atoms with Gasteiger partial charge in [-0.25, -0.2) is 0 Å². The SMILES string of the molecule is O=C(C1CCC2(CC1)OOC1(CCCCC1)OO2)N1CCOCC1. The van der Waals surface area contributed by atoms with Gasteiger partial charge in [0.25, 0.3) is 0 Å². The van der Waals surface area contributed by atoms with Gasteiger partial charge in [-0.3, -0.25) is 4.79 Å². The van der Waals surface area contributed by atoms with Crippen molar-refractivity contribution in [1.82, 2.24) is 4.90 Å². The highest BCUT2D eigenvalue weighted by Gasteiger charge is 2.51. The number of rotatable bonds is 1. The second-order valence-corrected chi connectivity index (χ2v) is 7.43. The van der Waals surface area contributed by atoms with E-state index >= 15 is 0 Å². The molecule has 7 heteroatoms. The van der Waals surface area contributed by atoms with E-state index in [1.54, 1.807) is 0 Å². The van der Waals surface area contributed by atoms with E-state index in [0.717, 1.165) is 38.5 Å². The zero-order chi connectivity index (χ0) is 16.5. The Morgan fingerprint density at radius 1 is 0.792 bits per heavy atom. The molecule has 0 radical (unpaired) electrons. The summed E-state index contributed by atoms with van der Waals surface area (Å²) in [6.07, 6.45) is 7.64. The van der Waals surface area contributed by atoms with Gasteiger partial charge in [0.05, 0.1) is 13.2 Å². The van der Waals surface area contributed by atoms with Crippen LogP contribution in [-0.2, 0) is 29.1 Å². The van der Waals surface area contributed by atoms with Crippen molar-refractivity contribution in [3.05, 3.63) is 0 Å².